The van der Waals surface area contributed by atoms with E-state index in [1.807, 2.05) is 30.3 Å². The standard InChI is InChI=1S/C19H25N5/c1-3-10-20-18-15-17(16-8-6-5-7-9-16)21-19(22-18)24-13-11-23(4-2)12-14-24/h3,5-9,15H,1,4,10-14H2,2H3,(H,20,21,22). The van der Waals surface area contributed by atoms with Gasteiger partial charge in [-0.15, -0.1) is 6.58 Å². The van der Waals surface area contributed by atoms with Gasteiger partial charge in [0.2, 0.25) is 5.95 Å². The van der Waals surface area contributed by atoms with Crippen molar-refractivity contribution in [1.29, 1.82) is 0 Å². The Morgan fingerprint density at radius 1 is 1.12 bits per heavy atom. The molecule has 1 aliphatic rings. The summed E-state index contributed by atoms with van der Waals surface area (Å²) in [6, 6.07) is 12.3. The van der Waals surface area contributed by atoms with Gasteiger partial charge in [-0.25, -0.2) is 4.98 Å². The molecule has 5 nitrogen and oxygen atoms in total. The Bertz CT molecular complexity index is 663. The first kappa shape index (κ1) is 16.5. The molecule has 1 aromatic carbocycles. The van der Waals surface area contributed by atoms with Crippen LogP contribution in [0.15, 0.2) is 49.1 Å². The largest absolute Gasteiger partial charge is 0.366 e. The third-order valence-corrected chi connectivity index (χ3v) is 4.31. The number of aromatic nitrogens is 2. The molecule has 0 aliphatic carbocycles. The van der Waals surface area contributed by atoms with Gasteiger partial charge in [0, 0.05) is 44.4 Å². The van der Waals surface area contributed by atoms with Crippen molar-refractivity contribution >= 4 is 11.8 Å². The van der Waals surface area contributed by atoms with Gasteiger partial charge in [0.25, 0.3) is 0 Å². The van der Waals surface area contributed by atoms with Crippen LogP contribution in [0.1, 0.15) is 6.92 Å². The number of likely N-dealkylation sites (N-methyl/N-ethyl adjacent to an activating group) is 1. The summed E-state index contributed by atoms with van der Waals surface area (Å²) in [5.41, 5.74) is 2.06. The molecule has 1 N–H and O–H groups in total. The van der Waals surface area contributed by atoms with Gasteiger partial charge in [-0.1, -0.05) is 43.3 Å². The van der Waals surface area contributed by atoms with Gasteiger partial charge in [0.15, 0.2) is 0 Å². The summed E-state index contributed by atoms with van der Waals surface area (Å²) >= 11 is 0. The van der Waals surface area contributed by atoms with Crippen LogP contribution in [0.5, 0.6) is 0 Å². The molecule has 24 heavy (non-hydrogen) atoms. The van der Waals surface area contributed by atoms with Crippen LogP contribution in [0.2, 0.25) is 0 Å². The summed E-state index contributed by atoms with van der Waals surface area (Å²) in [7, 11) is 0. The molecule has 0 amide bonds. The highest BCUT2D eigenvalue weighted by molar-refractivity contribution is 5.64. The van der Waals surface area contributed by atoms with E-state index >= 15 is 0 Å². The van der Waals surface area contributed by atoms with Crippen LogP contribution in [0.3, 0.4) is 0 Å². The first-order valence-corrected chi connectivity index (χ1v) is 8.56. The molecule has 0 spiro atoms. The molecule has 0 radical (unpaired) electrons. The molecular formula is C19H25N5. The number of piperazine rings is 1. The van der Waals surface area contributed by atoms with Crippen LogP contribution < -0.4 is 10.2 Å². The van der Waals surface area contributed by atoms with Crippen LogP contribution in [0, 0.1) is 0 Å². The Labute approximate surface area is 144 Å². The monoisotopic (exact) mass is 323 g/mol. The van der Waals surface area contributed by atoms with E-state index in [1.54, 1.807) is 0 Å². The number of nitrogens with zero attached hydrogens (tertiary/aromatic N) is 4. The average molecular weight is 323 g/mol. The molecule has 0 unspecified atom stereocenters. The number of nitrogens with one attached hydrogen (secondary N) is 1. The molecule has 0 bridgehead atoms. The minimum atomic E-state index is 0.689. The lowest BCUT2D eigenvalue weighted by Crippen LogP contribution is -2.46. The van der Waals surface area contributed by atoms with Crippen LogP contribution in [0.25, 0.3) is 11.3 Å². The van der Waals surface area contributed by atoms with Crippen molar-refractivity contribution < 1.29 is 0 Å². The molecule has 2 heterocycles. The van der Waals surface area contributed by atoms with Crippen LogP contribution in [-0.4, -0.2) is 54.1 Å². The number of hydrogen-bond donors (Lipinski definition) is 1. The molecular weight excluding hydrogens is 298 g/mol. The second kappa shape index (κ2) is 7.93. The predicted molar refractivity (Wildman–Crippen MR) is 100 cm³/mol. The second-order valence-electron chi connectivity index (χ2n) is 5.90. The van der Waals surface area contributed by atoms with Crippen molar-refractivity contribution in [2.75, 3.05) is 49.5 Å². The normalized spacial score (nSPS) is 15.3. The quantitative estimate of drug-likeness (QED) is 0.828. The maximum absolute atomic E-state index is 4.82. The van der Waals surface area contributed by atoms with Gasteiger partial charge in [-0.2, -0.15) is 4.98 Å². The first-order valence-electron chi connectivity index (χ1n) is 8.56. The van der Waals surface area contributed by atoms with Crippen LogP contribution in [-0.2, 0) is 0 Å². The highest BCUT2D eigenvalue weighted by atomic mass is 15.3. The van der Waals surface area contributed by atoms with Gasteiger partial charge in [0.05, 0.1) is 5.69 Å². The van der Waals surface area contributed by atoms with Crippen molar-refractivity contribution in [2.45, 2.75) is 6.92 Å². The summed E-state index contributed by atoms with van der Waals surface area (Å²) in [5.74, 6) is 1.65. The molecule has 3 rings (SSSR count). The summed E-state index contributed by atoms with van der Waals surface area (Å²) in [6.45, 7) is 11.8. The van der Waals surface area contributed by atoms with E-state index in [0.29, 0.717) is 6.54 Å². The minimum Gasteiger partial charge on any atom is -0.366 e. The minimum absolute atomic E-state index is 0.689. The number of benzene rings is 1. The fourth-order valence-corrected chi connectivity index (χ4v) is 2.86. The predicted octanol–water partition coefficient (Wildman–Crippen LogP) is 2.88. The van der Waals surface area contributed by atoms with E-state index in [0.717, 1.165) is 55.7 Å². The number of anilines is 2. The van der Waals surface area contributed by atoms with Crippen LogP contribution in [0.4, 0.5) is 11.8 Å². The Hall–Kier alpha value is -2.40. The Morgan fingerprint density at radius 3 is 2.54 bits per heavy atom. The van der Waals surface area contributed by atoms with Crippen LogP contribution >= 0.6 is 0 Å². The van der Waals surface area contributed by atoms with E-state index in [9.17, 15) is 0 Å². The molecule has 0 saturated carbocycles. The molecule has 0 atom stereocenters. The molecule has 1 aromatic heterocycles. The maximum Gasteiger partial charge on any atom is 0.227 e. The smallest absolute Gasteiger partial charge is 0.227 e. The SMILES string of the molecule is C=CCNc1cc(-c2ccccc2)nc(N2CCN(CC)CC2)n1. The molecule has 5 heteroatoms. The van der Waals surface area contributed by atoms with Gasteiger partial charge in [-0.3, -0.25) is 0 Å². The molecule has 2 aromatic rings. The summed E-state index contributed by atoms with van der Waals surface area (Å²) in [5, 5.41) is 3.30. The summed E-state index contributed by atoms with van der Waals surface area (Å²) < 4.78 is 0. The highest BCUT2D eigenvalue weighted by Crippen LogP contribution is 2.23. The average Bonchev–Trinajstić information content (AvgIpc) is 2.67. The lowest BCUT2D eigenvalue weighted by atomic mass is 10.1. The van der Waals surface area contributed by atoms with E-state index in [4.69, 9.17) is 9.97 Å². The zero-order chi connectivity index (χ0) is 16.8. The Kier molecular flexibility index (Phi) is 5.43. The van der Waals surface area contributed by atoms with E-state index < -0.39 is 0 Å². The van der Waals surface area contributed by atoms with Crippen molar-refractivity contribution in [3.8, 4) is 11.3 Å². The van der Waals surface area contributed by atoms with Gasteiger partial charge < -0.3 is 15.1 Å². The third-order valence-electron chi connectivity index (χ3n) is 4.31. The Morgan fingerprint density at radius 2 is 1.88 bits per heavy atom. The van der Waals surface area contributed by atoms with Crippen molar-refractivity contribution in [1.82, 2.24) is 14.9 Å². The first-order chi connectivity index (χ1) is 11.8. The highest BCUT2D eigenvalue weighted by Gasteiger charge is 2.19. The molecule has 126 valence electrons. The lowest BCUT2D eigenvalue weighted by molar-refractivity contribution is 0.270. The van der Waals surface area contributed by atoms with Gasteiger partial charge in [0.1, 0.15) is 5.82 Å². The maximum atomic E-state index is 4.82. The fraction of sp³-hybridized carbons (Fsp3) is 0.368. The van der Waals surface area contributed by atoms with E-state index in [1.165, 1.54) is 0 Å². The second-order valence-corrected chi connectivity index (χ2v) is 5.90. The van der Waals surface area contributed by atoms with Crippen molar-refractivity contribution in [3.63, 3.8) is 0 Å². The zero-order valence-corrected chi connectivity index (χ0v) is 14.3. The van der Waals surface area contributed by atoms with E-state index in [2.05, 4.69) is 40.8 Å². The summed E-state index contributed by atoms with van der Waals surface area (Å²) in [6.07, 6.45) is 1.84. The third kappa shape index (κ3) is 3.92. The van der Waals surface area contributed by atoms with Gasteiger partial charge >= 0.3 is 0 Å². The number of rotatable bonds is 6. The summed E-state index contributed by atoms with van der Waals surface area (Å²) in [4.78, 5) is 14.3. The van der Waals surface area contributed by atoms with Crippen molar-refractivity contribution in [2.24, 2.45) is 0 Å². The topological polar surface area (TPSA) is 44.3 Å². The van der Waals surface area contributed by atoms with Gasteiger partial charge in [-0.05, 0) is 6.54 Å². The number of hydrogen-bond acceptors (Lipinski definition) is 5. The molecule has 1 saturated heterocycles. The molecule has 1 aliphatic heterocycles. The van der Waals surface area contributed by atoms with E-state index in [-0.39, 0.29) is 0 Å². The molecule has 1 fully saturated rings. The lowest BCUT2D eigenvalue weighted by Gasteiger charge is -2.34. The Balaban J connectivity index is 1.88. The zero-order valence-electron chi connectivity index (χ0n) is 14.3. The fourth-order valence-electron chi connectivity index (χ4n) is 2.86. The van der Waals surface area contributed by atoms with Crippen molar-refractivity contribution in [3.05, 3.63) is 49.1 Å².